The van der Waals surface area contributed by atoms with Crippen molar-refractivity contribution in [3.05, 3.63) is 23.2 Å². The fourth-order valence-electron chi connectivity index (χ4n) is 3.33. The standard InChI is InChI=1S/C21H36ClN3O3S/c1-16-14-25(15-17(2)28-16)20-10-9-18(13-19(20)22)23-11-7-6-8-12-24-29(26,27)21(3,4)5/h9-10,13,16-17,23-24H,6-8,11-12,14-15H2,1-5H3/t16-,17+. The van der Waals surface area contributed by atoms with E-state index in [9.17, 15) is 8.42 Å². The van der Waals surface area contributed by atoms with Gasteiger partial charge in [0.05, 0.1) is 27.7 Å². The van der Waals surface area contributed by atoms with E-state index in [1.807, 2.05) is 6.07 Å². The molecule has 1 aliphatic heterocycles. The number of unbranched alkanes of at least 4 members (excludes halogenated alkanes) is 2. The van der Waals surface area contributed by atoms with Crippen LogP contribution >= 0.6 is 11.6 Å². The summed E-state index contributed by atoms with van der Waals surface area (Å²) in [7, 11) is -3.25. The summed E-state index contributed by atoms with van der Waals surface area (Å²) in [5.41, 5.74) is 2.05. The molecule has 0 saturated carbocycles. The van der Waals surface area contributed by atoms with Gasteiger partial charge in [0.15, 0.2) is 0 Å². The summed E-state index contributed by atoms with van der Waals surface area (Å²) in [6.45, 7) is 12.3. The Kier molecular flexibility index (Phi) is 8.64. The molecule has 1 aromatic rings. The van der Waals surface area contributed by atoms with Gasteiger partial charge in [0.2, 0.25) is 10.0 Å². The van der Waals surface area contributed by atoms with Crippen molar-refractivity contribution in [1.29, 1.82) is 0 Å². The van der Waals surface area contributed by atoms with E-state index in [2.05, 4.69) is 40.9 Å². The molecule has 0 spiro atoms. The van der Waals surface area contributed by atoms with Crippen LogP contribution in [-0.2, 0) is 14.8 Å². The van der Waals surface area contributed by atoms with Crippen molar-refractivity contribution in [3.63, 3.8) is 0 Å². The third-order valence-corrected chi connectivity index (χ3v) is 7.49. The van der Waals surface area contributed by atoms with E-state index in [0.29, 0.717) is 6.54 Å². The van der Waals surface area contributed by atoms with Crippen LogP contribution in [0.4, 0.5) is 11.4 Å². The molecule has 2 atom stereocenters. The van der Waals surface area contributed by atoms with Crippen LogP contribution < -0.4 is 14.9 Å². The lowest BCUT2D eigenvalue weighted by Gasteiger charge is -2.37. The van der Waals surface area contributed by atoms with Gasteiger partial charge in [-0.15, -0.1) is 0 Å². The fraction of sp³-hybridized carbons (Fsp3) is 0.714. The molecule has 1 saturated heterocycles. The number of hydrogen-bond donors (Lipinski definition) is 2. The van der Waals surface area contributed by atoms with Gasteiger partial charge in [-0.2, -0.15) is 0 Å². The molecule has 1 aromatic carbocycles. The third kappa shape index (κ3) is 7.31. The van der Waals surface area contributed by atoms with E-state index in [1.54, 1.807) is 20.8 Å². The van der Waals surface area contributed by atoms with Gasteiger partial charge >= 0.3 is 0 Å². The second-order valence-corrected chi connectivity index (χ2v) is 11.8. The van der Waals surface area contributed by atoms with Crippen LogP contribution in [0.5, 0.6) is 0 Å². The highest BCUT2D eigenvalue weighted by Gasteiger charge is 2.28. The van der Waals surface area contributed by atoms with Gasteiger partial charge in [0.1, 0.15) is 0 Å². The van der Waals surface area contributed by atoms with Gasteiger partial charge in [0, 0.05) is 31.9 Å². The molecule has 1 fully saturated rings. The Balaban J connectivity index is 1.72. The monoisotopic (exact) mass is 445 g/mol. The van der Waals surface area contributed by atoms with Crippen LogP contribution in [-0.4, -0.2) is 51.6 Å². The fourth-order valence-corrected chi connectivity index (χ4v) is 4.48. The smallest absolute Gasteiger partial charge is 0.216 e. The quantitative estimate of drug-likeness (QED) is 0.556. The van der Waals surface area contributed by atoms with Crippen LogP contribution in [0.15, 0.2) is 18.2 Å². The van der Waals surface area contributed by atoms with Gasteiger partial charge < -0.3 is 15.0 Å². The minimum Gasteiger partial charge on any atom is -0.385 e. The first-order chi connectivity index (χ1) is 13.5. The van der Waals surface area contributed by atoms with Gasteiger partial charge in [-0.3, -0.25) is 0 Å². The van der Waals surface area contributed by atoms with Crippen molar-refractivity contribution in [2.45, 2.75) is 70.8 Å². The Morgan fingerprint density at radius 3 is 2.31 bits per heavy atom. The van der Waals surface area contributed by atoms with Crippen molar-refractivity contribution < 1.29 is 13.2 Å². The molecular formula is C21H36ClN3O3S. The predicted octanol–water partition coefficient (Wildman–Crippen LogP) is 4.25. The summed E-state index contributed by atoms with van der Waals surface area (Å²) >= 11 is 6.53. The molecule has 29 heavy (non-hydrogen) atoms. The van der Waals surface area contributed by atoms with E-state index in [-0.39, 0.29) is 12.2 Å². The number of anilines is 2. The van der Waals surface area contributed by atoms with Crippen molar-refractivity contribution in [2.75, 3.05) is 36.4 Å². The summed E-state index contributed by atoms with van der Waals surface area (Å²) in [4.78, 5) is 2.28. The zero-order chi connectivity index (χ0) is 21.7. The van der Waals surface area contributed by atoms with Crippen molar-refractivity contribution >= 4 is 33.0 Å². The molecule has 1 heterocycles. The summed E-state index contributed by atoms with van der Waals surface area (Å²) in [5, 5.41) is 4.14. The molecule has 0 bridgehead atoms. The summed E-state index contributed by atoms with van der Waals surface area (Å²) in [6.07, 6.45) is 3.13. The van der Waals surface area contributed by atoms with E-state index in [0.717, 1.165) is 55.3 Å². The molecule has 2 rings (SSSR count). The normalized spacial score (nSPS) is 20.7. The molecule has 0 unspecified atom stereocenters. The highest BCUT2D eigenvalue weighted by molar-refractivity contribution is 7.90. The van der Waals surface area contributed by atoms with Crippen molar-refractivity contribution in [3.8, 4) is 0 Å². The molecule has 1 aliphatic rings. The number of rotatable bonds is 9. The Morgan fingerprint density at radius 2 is 1.72 bits per heavy atom. The van der Waals surface area contributed by atoms with Crippen LogP contribution in [0.2, 0.25) is 5.02 Å². The number of sulfonamides is 1. The lowest BCUT2D eigenvalue weighted by Crippen LogP contribution is -2.45. The van der Waals surface area contributed by atoms with E-state index >= 15 is 0 Å². The summed E-state index contributed by atoms with van der Waals surface area (Å²) < 4.78 is 31.7. The van der Waals surface area contributed by atoms with Crippen LogP contribution in [0.1, 0.15) is 53.9 Å². The molecule has 0 amide bonds. The maximum Gasteiger partial charge on any atom is 0.216 e. The number of benzene rings is 1. The lowest BCUT2D eigenvalue weighted by atomic mass is 10.2. The lowest BCUT2D eigenvalue weighted by molar-refractivity contribution is -0.00520. The van der Waals surface area contributed by atoms with Crippen molar-refractivity contribution in [1.82, 2.24) is 4.72 Å². The number of halogens is 1. The zero-order valence-electron chi connectivity index (χ0n) is 18.3. The van der Waals surface area contributed by atoms with Gasteiger partial charge in [-0.05, 0) is 65.7 Å². The maximum absolute atomic E-state index is 12.0. The zero-order valence-corrected chi connectivity index (χ0v) is 19.9. The van der Waals surface area contributed by atoms with Crippen molar-refractivity contribution in [2.24, 2.45) is 0 Å². The molecule has 0 aliphatic carbocycles. The Bertz CT molecular complexity index is 755. The molecule has 0 aromatic heterocycles. The van der Waals surface area contributed by atoms with Gasteiger partial charge in [0.25, 0.3) is 0 Å². The number of morpholine rings is 1. The first-order valence-electron chi connectivity index (χ1n) is 10.4. The molecule has 6 nitrogen and oxygen atoms in total. The second-order valence-electron chi connectivity index (χ2n) is 8.83. The maximum atomic E-state index is 12.0. The number of nitrogens with zero attached hydrogens (tertiary/aromatic N) is 1. The SMILES string of the molecule is C[C@@H]1CN(c2ccc(NCCCCCNS(=O)(=O)C(C)(C)C)cc2Cl)C[C@H](C)O1. The molecule has 8 heteroatoms. The highest BCUT2D eigenvalue weighted by atomic mass is 35.5. The Labute approximate surface area is 181 Å². The van der Waals surface area contributed by atoms with Gasteiger partial charge in [-0.1, -0.05) is 18.0 Å². The minimum absolute atomic E-state index is 0.195. The van der Waals surface area contributed by atoms with Gasteiger partial charge in [-0.25, -0.2) is 13.1 Å². The molecular weight excluding hydrogens is 410 g/mol. The number of nitrogens with one attached hydrogen (secondary N) is 2. The summed E-state index contributed by atoms with van der Waals surface area (Å²) in [5.74, 6) is 0. The second kappa shape index (κ2) is 10.3. The first kappa shape index (κ1) is 24.3. The average Bonchev–Trinajstić information content (AvgIpc) is 2.59. The summed E-state index contributed by atoms with van der Waals surface area (Å²) in [6, 6.07) is 6.10. The topological polar surface area (TPSA) is 70.7 Å². The third-order valence-electron chi connectivity index (χ3n) is 4.99. The minimum atomic E-state index is -3.25. The Morgan fingerprint density at radius 1 is 1.10 bits per heavy atom. The molecule has 166 valence electrons. The van der Waals surface area contributed by atoms with Crippen LogP contribution in [0.3, 0.4) is 0 Å². The Hall–Kier alpha value is -1.02. The number of hydrogen-bond acceptors (Lipinski definition) is 5. The van der Waals surface area contributed by atoms with E-state index < -0.39 is 14.8 Å². The predicted molar refractivity (Wildman–Crippen MR) is 123 cm³/mol. The average molecular weight is 446 g/mol. The van der Waals surface area contributed by atoms with Crippen LogP contribution in [0, 0.1) is 0 Å². The van der Waals surface area contributed by atoms with E-state index in [4.69, 9.17) is 16.3 Å². The molecule has 0 radical (unpaired) electrons. The van der Waals surface area contributed by atoms with E-state index in [1.165, 1.54) is 0 Å². The largest absolute Gasteiger partial charge is 0.385 e. The number of ether oxygens (including phenoxy) is 1. The highest BCUT2D eigenvalue weighted by Crippen LogP contribution is 2.31. The molecule has 2 N–H and O–H groups in total. The first-order valence-corrected chi connectivity index (χ1v) is 12.3. The van der Waals surface area contributed by atoms with Crippen LogP contribution in [0.25, 0.3) is 0 Å².